The van der Waals surface area contributed by atoms with Gasteiger partial charge in [-0.25, -0.2) is 13.4 Å². The first-order valence-corrected chi connectivity index (χ1v) is 11.9. The summed E-state index contributed by atoms with van der Waals surface area (Å²) in [6.45, 7) is 4.96. The van der Waals surface area contributed by atoms with Crippen molar-refractivity contribution in [1.29, 1.82) is 0 Å². The van der Waals surface area contributed by atoms with Crippen LogP contribution in [0.25, 0.3) is 5.65 Å². The molecule has 0 amide bonds. The average molecular weight is 412 g/mol. The van der Waals surface area contributed by atoms with Crippen LogP contribution in [0, 0.1) is 0 Å². The molecule has 0 aliphatic heterocycles. The molecule has 0 bridgehead atoms. The smallest absolute Gasteiger partial charge is 0.181 e. The van der Waals surface area contributed by atoms with Crippen molar-refractivity contribution in [1.82, 2.24) is 14.7 Å². The number of hydrogen-bond donors (Lipinski definition) is 1. The fourth-order valence-corrected chi connectivity index (χ4v) is 5.93. The summed E-state index contributed by atoms with van der Waals surface area (Å²) < 4.78 is 27.7. The van der Waals surface area contributed by atoms with Gasteiger partial charge in [0.2, 0.25) is 0 Å². The van der Waals surface area contributed by atoms with Crippen molar-refractivity contribution in [3.63, 3.8) is 0 Å². The number of fused-ring (bicyclic) bond motifs is 1. The molecule has 5 nitrogen and oxygen atoms in total. The fraction of sp³-hybridized carbons (Fsp3) is 0.435. The van der Waals surface area contributed by atoms with Crippen LogP contribution in [0.2, 0.25) is 0 Å². The van der Waals surface area contributed by atoms with Gasteiger partial charge in [-0.05, 0) is 56.0 Å². The van der Waals surface area contributed by atoms with E-state index in [9.17, 15) is 8.42 Å². The van der Waals surface area contributed by atoms with Crippen molar-refractivity contribution in [2.24, 2.45) is 0 Å². The van der Waals surface area contributed by atoms with Crippen LogP contribution in [-0.2, 0) is 21.9 Å². The van der Waals surface area contributed by atoms with Gasteiger partial charge in [0.1, 0.15) is 5.65 Å². The molecule has 4 rings (SSSR count). The fourth-order valence-electron chi connectivity index (χ4n) is 4.08. The van der Waals surface area contributed by atoms with Crippen LogP contribution in [0.4, 0.5) is 0 Å². The van der Waals surface area contributed by atoms with Crippen LogP contribution >= 0.6 is 0 Å². The van der Waals surface area contributed by atoms with Crippen LogP contribution in [0.5, 0.6) is 0 Å². The molecule has 29 heavy (non-hydrogen) atoms. The van der Waals surface area contributed by atoms with E-state index < -0.39 is 9.84 Å². The second kappa shape index (κ2) is 7.92. The van der Waals surface area contributed by atoms with E-state index >= 15 is 0 Å². The molecule has 1 aliphatic carbocycles. The molecule has 0 saturated heterocycles. The maximum Gasteiger partial charge on any atom is 0.181 e. The minimum absolute atomic E-state index is 0.211. The largest absolute Gasteiger partial charge is 0.307 e. The lowest BCUT2D eigenvalue weighted by Crippen LogP contribution is -2.36. The molecule has 1 fully saturated rings. The van der Waals surface area contributed by atoms with Crippen LogP contribution in [0.1, 0.15) is 57.1 Å². The Balaban J connectivity index is 1.44. The van der Waals surface area contributed by atoms with Gasteiger partial charge in [-0.15, -0.1) is 0 Å². The average Bonchev–Trinajstić information content (AvgIpc) is 3.21. The highest BCUT2D eigenvalue weighted by Crippen LogP contribution is 2.29. The number of nitrogens with one attached hydrogen (secondary N) is 1. The van der Waals surface area contributed by atoms with Gasteiger partial charge in [0.25, 0.3) is 0 Å². The third-order valence-electron chi connectivity index (χ3n) is 6.09. The summed E-state index contributed by atoms with van der Waals surface area (Å²) in [4.78, 5) is 4.75. The molecule has 6 heteroatoms. The standard InChI is InChI=1S/C23H29N3O2S/c1-23(2,19-10-13-22-24-14-15-26(22)17-19)25-16-18-8-11-21(12-9-18)29(27,28)20-6-4-3-5-7-20/h8-15,17,20,25H,3-7,16H2,1-2H3. The SMILES string of the molecule is CC(C)(NCc1ccc(S(=O)(=O)C2CCCCC2)cc1)c1ccc2nccn2c1. The van der Waals surface area contributed by atoms with Gasteiger partial charge >= 0.3 is 0 Å². The first-order valence-electron chi connectivity index (χ1n) is 10.4. The number of aromatic nitrogens is 2. The molecule has 1 aliphatic rings. The zero-order valence-electron chi connectivity index (χ0n) is 17.1. The van der Waals surface area contributed by atoms with Crippen molar-refractivity contribution in [2.75, 3.05) is 0 Å². The van der Waals surface area contributed by atoms with Crippen LogP contribution in [-0.4, -0.2) is 23.1 Å². The molecule has 0 unspecified atom stereocenters. The lowest BCUT2D eigenvalue weighted by atomic mass is 9.95. The zero-order valence-corrected chi connectivity index (χ0v) is 18.0. The molecule has 154 valence electrons. The minimum atomic E-state index is -3.21. The molecule has 0 atom stereocenters. The normalized spacial score (nSPS) is 16.3. The predicted molar refractivity (Wildman–Crippen MR) is 116 cm³/mol. The Morgan fingerprint density at radius 3 is 2.52 bits per heavy atom. The van der Waals surface area contributed by atoms with Gasteiger partial charge in [0, 0.05) is 30.7 Å². The van der Waals surface area contributed by atoms with E-state index in [1.54, 1.807) is 18.3 Å². The molecule has 2 aromatic heterocycles. The first-order chi connectivity index (χ1) is 13.9. The van der Waals surface area contributed by atoms with Crippen molar-refractivity contribution >= 4 is 15.5 Å². The second-order valence-corrected chi connectivity index (χ2v) is 10.8. The summed E-state index contributed by atoms with van der Waals surface area (Å²) in [5.74, 6) is 0. The number of rotatable bonds is 6. The molecule has 1 saturated carbocycles. The Hall–Kier alpha value is -2.18. The Morgan fingerprint density at radius 2 is 1.79 bits per heavy atom. The molecule has 1 aromatic carbocycles. The van der Waals surface area contributed by atoms with Gasteiger partial charge in [0.15, 0.2) is 9.84 Å². The Kier molecular flexibility index (Phi) is 5.49. The van der Waals surface area contributed by atoms with Gasteiger partial charge in [-0.2, -0.15) is 0 Å². The first kappa shape index (κ1) is 20.1. The predicted octanol–water partition coefficient (Wildman–Crippen LogP) is 4.47. The number of pyridine rings is 1. The van der Waals surface area contributed by atoms with Crippen LogP contribution in [0.15, 0.2) is 59.9 Å². The molecule has 2 heterocycles. The summed E-state index contributed by atoms with van der Waals surface area (Å²) >= 11 is 0. The number of benzene rings is 1. The minimum Gasteiger partial charge on any atom is -0.307 e. The summed E-state index contributed by atoms with van der Waals surface area (Å²) in [6.07, 6.45) is 10.6. The third kappa shape index (κ3) is 4.23. The van der Waals surface area contributed by atoms with E-state index in [0.29, 0.717) is 11.4 Å². The zero-order chi connectivity index (χ0) is 20.5. The molecule has 1 N–H and O–H groups in total. The summed E-state index contributed by atoms with van der Waals surface area (Å²) in [5.41, 5.74) is 2.94. The Labute approximate surface area is 173 Å². The van der Waals surface area contributed by atoms with E-state index in [2.05, 4.69) is 36.4 Å². The van der Waals surface area contributed by atoms with Crippen molar-refractivity contribution in [2.45, 2.75) is 68.2 Å². The Morgan fingerprint density at radius 1 is 1.07 bits per heavy atom. The molecular formula is C23H29N3O2S. The van der Waals surface area contributed by atoms with Gasteiger partial charge in [-0.1, -0.05) is 37.5 Å². The van der Waals surface area contributed by atoms with E-state index in [-0.39, 0.29) is 10.8 Å². The summed E-state index contributed by atoms with van der Waals surface area (Å²) in [7, 11) is -3.21. The van der Waals surface area contributed by atoms with Crippen molar-refractivity contribution in [3.8, 4) is 0 Å². The summed E-state index contributed by atoms with van der Waals surface area (Å²) in [5, 5.41) is 3.38. The van der Waals surface area contributed by atoms with Crippen molar-refractivity contribution in [3.05, 3.63) is 66.1 Å². The quantitative estimate of drug-likeness (QED) is 0.650. The highest BCUT2D eigenvalue weighted by Gasteiger charge is 2.28. The van der Waals surface area contributed by atoms with Crippen LogP contribution in [0.3, 0.4) is 0 Å². The maximum atomic E-state index is 12.9. The van der Waals surface area contributed by atoms with Gasteiger partial charge < -0.3 is 9.72 Å². The maximum absolute atomic E-state index is 12.9. The molecular weight excluding hydrogens is 382 g/mol. The molecule has 0 spiro atoms. The lowest BCUT2D eigenvalue weighted by Gasteiger charge is -2.27. The topological polar surface area (TPSA) is 63.5 Å². The number of imidazole rings is 1. The van der Waals surface area contributed by atoms with Gasteiger partial charge in [-0.3, -0.25) is 0 Å². The third-order valence-corrected chi connectivity index (χ3v) is 8.37. The monoisotopic (exact) mass is 411 g/mol. The van der Waals surface area contributed by atoms with E-state index in [1.807, 2.05) is 28.8 Å². The summed E-state index contributed by atoms with van der Waals surface area (Å²) in [6, 6.07) is 11.5. The highest BCUT2D eigenvalue weighted by molar-refractivity contribution is 7.92. The number of sulfone groups is 1. The lowest BCUT2D eigenvalue weighted by molar-refractivity contribution is 0.399. The van der Waals surface area contributed by atoms with E-state index in [1.165, 1.54) is 5.56 Å². The van der Waals surface area contributed by atoms with Crippen molar-refractivity contribution < 1.29 is 8.42 Å². The van der Waals surface area contributed by atoms with Crippen LogP contribution < -0.4 is 5.32 Å². The second-order valence-electron chi connectivity index (χ2n) is 8.54. The molecule has 0 radical (unpaired) electrons. The van der Waals surface area contributed by atoms with Gasteiger partial charge in [0.05, 0.1) is 10.1 Å². The van der Waals surface area contributed by atoms with E-state index in [0.717, 1.165) is 43.3 Å². The Bertz CT molecular complexity index is 1080. The highest BCUT2D eigenvalue weighted by atomic mass is 32.2. The number of nitrogens with zero attached hydrogens (tertiary/aromatic N) is 2. The van der Waals surface area contributed by atoms with E-state index in [4.69, 9.17) is 0 Å². The molecule has 3 aromatic rings. The number of hydrogen-bond acceptors (Lipinski definition) is 4.